The van der Waals surface area contributed by atoms with Gasteiger partial charge in [0.2, 0.25) is 5.90 Å². The fourth-order valence-electron chi connectivity index (χ4n) is 2.42. The van der Waals surface area contributed by atoms with E-state index in [0.717, 1.165) is 9.13 Å². The van der Waals surface area contributed by atoms with Crippen LogP contribution in [-0.4, -0.2) is 11.9 Å². The lowest BCUT2D eigenvalue weighted by atomic mass is 9.87. The Balaban J connectivity index is 1.92. The van der Waals surface area contributed by atoms with E-state index in [0.29, 0.717) is 10.6 Å². The molecule has 0 spiro atoms. The Hall–Kier alpha value is -1.66. The van der Waals surface area contributed by atoms with E-state index in [2.05, 4.69) is 60.5 Å². The van der Waals surface area contributed by atoms with Gasteiger partial charge in [0.1, 0.15) is 0 Å². The lowest BCUT2D eigenvalue weighted by Crippen LogP contribution is -2.10. The second-order valence-electron chi connectivity index (χ2n) is 6.83. The van der Waals surface area contributed by atoms with Crippen molar-refractivity contribution in [1.29, 1.82) is 0 Å². The molecule has 0 unspecified atom stereocenters. The molecule has 1 aliphatic rings. The van der Waals surface area contributed by atoms with Crippen LogP contribution in [0.3, 0.4) is 0 Å². The van der Waals surface area contributed by atoms with Crippen molar-refractivity contribution in [1.82, 2.24) is 0 Å². The number of nitrogens with zero attached hydrogens (tertiary/aromatic N) is 1. The van der Waals surface area contributed by atoms with Crippen LogP contribution in [0.4, 0.5) is 0 Å². The summed E-state index contributed by atoms with van der Waals surface area (Å²) in [6, 6.07) is 13.6. The van der Waals surface area contributed by atoms with Crippen LogP contribution >= 0.6 is 34.2 Å². The quantitative estimate of drug-likeness (QED) is 0.330. The summed E-state index contributed by atoms with van der Waals surface area (Å²) in [4.78, 5) is 16.5. The lowest BCUT2D eigenvalue weighted by molar-refractivity contribution is -0.129. The molecule has 0 saturated heterocycles. The smallest absolute Gasteiger partial charge is 0.363 e. The summed E-state index contributed by atoms with van der Waals surface area (Å²) < 4.78 is 6.29. The highest BCUT2D eigenvalue weighted by Gasteiger charge is 2.25. The van der Waals surface area contributed by atoms with Gasteiger partial charge in [-0.25, -0.2) is 9.79 Å². The van der Waals surface area contributed by atoms with Crippen molar-refractivity contribution in [3.63, 3.8) is 0 Å². The van der Waals surface area contributed by atoms with Crippen LogP contribution in [0.5, 0.6) is 0 Å². The van der Waals surface area contributed by atoms with Crippen molar-refractivity contribution < 1.29 is 9.53 Å². The molecular weight excluding hydrogens is 449 g/mol. The van der Waals surface area contributed by atoms with E-state index in [9.17, 15) is 4.79 Å². The minimum atomic E-state index is -0.468. The van der Waals surface area contributed by atoms with Gasteiger partial charge in [0.25, 0.3) is 0 Å². The summed E-state index contributed by atoms with van der Waals surface area (Å²) >= 11 is 8.38. The molecule has 1 aliphatic heterocycles. The maximum atomic E-state index is 12.1. The predicted octanol–water partition coefficient (Wildman–Crippen LogP) is 5.59. The summed E-state index contributed by atoms with van der Waals surface area (Å²) in [6.07, 6.45) is 1.73. The highest BCUT2D eigenvalue weighted by molar-refractivity contribution is 14.1. The summed E-state index contributed by atoms with van der Waals surface area (Å²) in [5, 5.41) is 0.503. The van der Waals surface area contributed by atoms with E-state index >= 15 is 0 Å². The molecule has 2 aromatic rings. The molecule has 0 aromatic heterocycles. The second-order valence-corrected chi connectivity index (χ2v) is 8.49. The van der Waals surface area contributed by atoms with Gasteiger partial charge in [0.05, 0.1) is 10.6 Å². The lowest BCUT2D eigenvalue weighted by Gasteiger charge is -2.18. The van der Waals surface area contributed by atoms with Gasteiger partial charge < -0.3 is 4.74 Å². The van der Waals surface area contributed by atoms with Gasteiger partial charge in [-0.3, -0.25) is 0 Å². The summed E-state index contributed by atoms with van der Waals surface area (Å²) in [5.41, 5.74) is 3.11. The average molecular weight is 466 g/mol. The van der Waals surface area contributed by atoms with E-state index in [1.54, 1.807) is 12.1 Å². The Kier molecular flexibility index (Phi) is 5.02. The first-order chi connectivity index (χ1) is 11.7. The third-order valence-electron chi connectivity index (χ3n) is 3.86. The third-order valence-corrected chi connectivity index (χ3v) is 4.86. The molecule has 0 bridgehead atoms. The predicted molar refractivity (Wildman–Crippen MR) is 110 cm³/mol. The Morgan fingerprint density at radius 3 is 2.44 bits per heavy atom. The molecule has 0 N–H and O–H groups in total. The van der Waals surface area contributed by atoms with Crippen molar-refractivity contribution >= 4 is 52.1 Å². The largest absolute Gasteiger partial charge is 0.402 e. The summed E-state index contributed by atoms with van der Waals surface area (Å²) in [7, 11) is 0. The topological polar surface area (TPSA) is 38.7 Å². The first kappa shape index (κ1) is 18.1. The van der Waals surface area contributed by atoms with E-state index < -0.39 is 5.97 Å². The van der Waals surface area contributed by atoms with Crippen LogP contribution in [0, 0.1) is 3.57 Å². The average Bonchev–Trinajstić information content (AvgIpc) is 2.90. The number of cyclic esters (lactones) is 1. The minimum absolute atomic E-state index is 0.0878. The molecule has 0 amide bonds. The highest BCUT2D eigenvalue weighted by atomic mass is 127. The standard InChI is InChI=1S/C20H17ClINO2/c1-20(2,3)13-6-4-12(5-7-13)10-17-19(24)25-18(23-17)15-11-14(22)8-9-16(15)21/h4-11H,1-3H3/b17-10+. The van der Waals surface area contributed by atoms with Gasteiger partial charge in [-0.05, 0) is 63.4 Å². The first-order valence-electron chi connectivity index (χ1n) is 7.82. The number of esters is 1. The molecule has 0 saturated carbocycles. The zero-order chi connectivity index (χ0) is 18.2. The minimum Gasteiger partial charge on any atom is -0.402 e. The highest BCUT2D eigenvalue weighted by Crippen LogP contribution is 2.26. The van der Waals surface area contributed by atoms with Gasteiger partial charge in [-0.2, -0.15) is 0 Å². The van der Waals surface area contributed by atoms with Crippen molar-refractivity contribution in [2.45, 2.75) is 26.2 Å². The molecule has 2 aromatic carbocycles. The number of benzene rings is 2. The molecule has 3 rings (SSSR count). The molecular formula is C20H17ClINO2. The van der Waals surface area contributed by atoms with Crippen molar-refractivity contribution in [2.24, 2.45) is 4.99 Å². The zero-order valence-electron chi connectivity index (χ0n) is 14.1. The molecule has 1 heterocycles. The maximum absolute atomic E-state index is 12.1. The summed E-state index contributed by atoms with van der Waals surface area (Å²) in [6.45, 7) is 6.49. The molecule has 0 atom stereocenters. The Morgan fingerprint density at radius 2 is 1.80 bits per heavy atom. The van der Waals surface area contributed by atoms with Gasteiger partial charge >= 0.3 is 5.97 Å². The van der Waals surface area contributed by atoms with Crippen LogP contribution in [-0.2, 0) is 14.9 Å². The monoisotopic (exact) mass is 465 g/mol. The van der Waals surface area contributed by atoms with Crippen LogP contribution in [0.25, 0.3) is 6.08 Å². The SMILES string of the molecule is CC(C)(C)c1ccc(/C=C2/N=C(c3cc(I)ccc3Cl)OC2=O)cc1. The first-order valence-corrected chi connectivity index (χ1v) is 9.28. The Labute approximate surface area is 165 Å². The van der Waals surface area contributed by atoms with Gasteiger partial charge in [-0.1, -0.05) is 56.6 Å². The molecule has 0 fully saturated rings. The van der Waals surface area contributed by atoms with E-state index in [1.807, 2.05) is 24.3 Å². The van der Waals surface area contributed by atoms with Crippen molar-refractivity contribution in [3.05, 3.63) is 73.4 Å². The number of hydrogen-bond donors (Lipinski definition) is 0. The fourth-order valence-corrected chi connectivity index (χ4v) is 3.11. The number of rotatable bonds is 2. The number of carbonyl (C=O) groups excluding carboxylic acids is 1. The van der Waals surface area contributed by atoms with Crippen LogP contribution < -0.4 is 0 Å². The van der Waals surface area contributed by atoms with Gasteiger partial charge in [0.15, 0.2) is 5.70 Å². The van der Waals surface area contributed by atoms with Crippen molar-refractivity contribution in [2.75, 3.05) is 0 Å². The number of ether oxygens (including phenoxy) is 1. The normalized spacial score (nSPS) is 16.1. The molecule has 3 nitrogen and oxygen atoms in total. The van der Waals surface area contributed by atoms with Gasteiger partial charge in [-0.15, -0.1) is 0 Å². The number of carbonyl (C=O) groups is 1. The van der Waals surface area contributed by atoms with E-state index in [4.69, 9.17) is 16.3 Å². The number of hydrogen-bond acceptors (Lipinski definition) is 3. The van der Waals surface area contributed by atoms with Crippen LogP contribution in [0.1, 0.15) is 37.5 Å². The maximum Gasteiger partial charge on any atom is 0.363 e. The second kappa shape index (κ2) is 6.92. The molecule has 0 aliphatic carbocycles. The Morgan fingerprint density at radius 1 is 1.12 bits per heavy atom. The number of halogens is 2. The number of aliphatic imine (C=N–C) groups is 1. The molecule has 5 heteroatoms. The van der Waals surface area contributed by atoms with Crippen LogP contribution in [0.15, 0.2) is 53.2 Å². The fraction of sp³-hybridized carbons (Fsp3) is 0.200. The zero-order valence-corrected chi connectivity index (χ0v) is 17.1. The molecule has 128 valence electrons. The van der Waals surface area contributed by atoms with E-state index in [-0.39, 0.29) is 17.0 Å². The summed E-state index contributed by atoms with van der Waals surface area (Å²) in [5.74, 6) is -0.226. The Bertz CT molecular complexity index is 893. The van der Waals surface area contributed by atoms with Crippen LogP contribution in [0.2, 0.25) is 5.02 Å². The third kappa shape index (κ3) is 4.12. The molecule has 0 radical (unpaired) electrons. The van der Waals surface area contributed by atoms with E-state index in [1.165, 1.54) is 5.56 Å². The van der Waals surface area contributed by atoms with Gasteiger partial charge in [0, 0.05) is 3.57 Å². The molecule has 25 heavy (non-hydrogen) atoms. The van der Waals surface area contributed by atoms with Crippen molar-refractivity contribution in [3.8, 4) is 0 Å².